The van der Waals surface area contributed by atoms with Gasteiger partial charge in [0.15, 0.2) is 17.5 Å². The molecule has 4 nitrogen and oxygen atoms in total. The molecule has 11 rings (SSSR count). The molecule has 2 aromatic heterocycles. The molecule has 0 N–H and O–H groups in total. The van der Waals surface area contributed by atoms with E-state index in [0.29, 0.717) is 17.5 Å². The summed E-state index contributed by atoms with van der Waals surface area (Å²) < 4.78 is 6.66. The summed E-state index contributed by atoms with van der Waals surface area (Å²) in [6, 6.07) is 57.3. The van der Waals surface area contributed by atoms with Crippen molar-refractivity contribution in [3.63, 3.8) is 0 Å². The van der Waals surface area contributed by atoms with E-state index in [4.69, 9.17) is 19.4 Å². The predicted octanol–water partition coefficient (Wildman–Crippen LogP) is 12.4. The molecule has 51 heavy (non-hydrogen) atoms. The molecule has 8 aromatic carbocycles. The summed E-state index contributed by atoms with van der Waals surface area (Å²) >= 11 is 0. The number of hydrogen-bond donors (Lipinski definition) is 0. The van der Waals surface area contributed by atoms with Gasteiger partial charge in [-0.2, -0.15) is 0 Å². The summed E-state index contributed by atoms with van der Waals surface area (Å²) in [5, 5.41) is 7.11. The third-order valence-electron chi connectivity index (χ3n) is 10.3. The van der Waals surface area contributed by atoms with Gasteiger partial charge in [-0.05, 0) is 73.6 Å². The Morgan fingerprint density at radius 2 is 0.961 bits per heavy atom. The Morgan fingerprint density at radius 3 is 1.76 bits per heavy atom. The standard InChI is InChI=1S/C47H27N3O/c1-2-10-31(11-3-1)45-48-46(32-21-19-29(20-22-32)35-16-6-12-28-9-4-5-15-34(28)35)50-47(49-45)33-23-26-41-40(27-33)38-25-24-37-36-17-7-13-30-14-8-18-39(42(30)36)43(37)44(38)51-41/h1-27H. The van der Waals surface area contributed by atoms with Crippen LogP contribution in [0.1, 0.15) is 0 Å². The maximum Gasteiger partial charge on any atom is 0.164 e. The van der Waals surface area contributed by atoms with E-state index in [9.17, 15) is 0 Å². The summed E-state index contributed by atoms with van der Waals surface area (Å²) in [7, 11) is 0. The van der Waals surface area contributed by atoms with E-state index < -0.39 is 0 Å². The molecule has 0 saturated heterocycles. The van der Waals surface area contributed by atoms with Gasteiger partial charge in [0.2, 0.25) is 0 Å². The van der Waals surface area contributed by atoms with Gasteiger partial charge in [-0.1, -0.05) is 140 Å². The molecule has 236 valence electrons. The Morgan fingerprint density at radius 1 is 0.353 bits per heavy atom. The molecule has 0 bridgehead atoms. The van der Waals surface area contributed by atoms with E-state index >= 15 is 0 Å². The number of rotatable bonds is 4. The molecule has 4 heteroatoms. The van der Waals surface area contributed by atoms with Crippen molar-refractivity contribution in [2.24, 2.45) is 0 Å². The quantitative estimate of drug-likeness (QED) is 0.190. The van der Waals surface area contributed by atoms with Crippen LogP contribution in [0.2, 0.25) is 0 Å². The van der Waals surface area contributed by atoms with Gasteiger partial charge in [-0.25, -0.2) is 15.0 Å². The lowest BCUT2D eigenvalue weighted by Crippen LogP contribution is -2.00. The first kappa shape index (κ1) is 28.0. The summed E-state index contributed by atoms with van der Waals surface area (Å²) in [5.74, 6) is 1.88. The maximum absolute atomic E-state index is 6.66. The topological polar surface area (TPSA) is 51.8 Å². The summed E-state index contributed by atoms with van der Waals surface area (Å²) in [4.78, 5) is 15.1. The highest BCUT2D eigenvalue weighted by Gasteiger charge is 2.26. The third kappa shape index (κ3) is 4.30. The summed E-state index contributed by atoms with van der Waals surface area (Å²) in [6.45, 7) is 0. The van der Waals surface area contributed by atoms with Crippen LogP contribution in [-0.2, 0) is 0 Å². The Hall–Kier alpha value is -6.91. The number of aromatic nitrogens is 3. The minimum Gasteiger partial charge on any atom is -0.455 e. The highest BCUT2D eigenvalue weighted by molar-refractivity contribution is 6.23. The predicted molar refractivity (Wildman–Crippen MR) is 208 cm³/mol. The number of nitrogens with zero attached hydrogens (tertiary/aromatic N) is 3. The molecule has 10 aromatic rings. The van der Waals surface area contributed by atoms with Gasteiger partial charge in [0.1, 0.15) is 11.2 Å². The van der Waals surface area contributed by atoms with Gasteiger partial charge in [0.05, 0.1) is 0 Å². The molecule has 2 heterocycles. The second-order valence-electron chi connectivity index (χ2n) is 13.2. The molecule has 0 atom stereocenters. The van der Waals surface area contributed by atoms with Crippen LogP contribution < -0.4 is 0 Å². The number of furan rings is 1. The molecule has 0 amide bonds. The summed E-state index contributed by atoms with van der Waals surface area (Å²) in [6.07, 6.45) is 0. The lowest BCUT2D eigenvalue weighted by molar-refractivity contribution is 0.670. The Kier molecular flexibility index (Phi) is 5.92. The smallest absolute Gasteiger partial charge is 0.164 e. The van der Waals surface area contributed by atoms with Crippen LogP contribution in [0.3, 0.4) is 0 Å². The normalized spacial score (nSPS) is 11.9. The van der Waals surface area contributed by atoms with Gasteiger partial charge in [-0.3, -0.25) is 0 Å². The van der Waals surface area contributed by atoms with E-state index in [0.717, 1.165) is 49.8 Å². The first-order valence-electron chi connectivity index (χ1n) is 17.2. The minimum atomic E-state index is 0.617. The van der Waals surface area contributed by atoms with Crippen LogP contribution in [0.5, 0.6) is 0 Å². The van der Waals surface area contributed by atoms with Gasteiger partial charge < -0.3 is 4.42 Å². The first-order valence-corrected chi connectivity index (χ1v) is 17.2. The molecule has 0 spiro atoms. The van der Waals surface area contributed by atoms with Gasteiger partial charge >= 0.3 is 0 Å². The number of hydrogen-bond acceptors (Lipinski definition) is 4. The fourth-order valence-electron chi connectivity index (χ4n) is 7.87. The lowest BCUT2D eigenvalue weighted by atomic mass is 9.97. The van der Waals surface area contributed by atoms with Crippen LogP contribution in [0.15, 0.2) is 168 Å². The minimum absolute atomic E-state index is 0.617. The number of fused-ring (bicyclic) bond motifs is 8. The molecule has 0 saturated carbocycles. The Labute approximate surface area is 293 Å². The van der Waals surface area contributed by atoms with Crippen LogP contribution in [-0.4, -0.2) is 15.0 Å². The molecule has 0 radical (unpaired) electrons. The van der Waals surface area contributed by atoms with Crippen molar-refractivity contribution in [2.45, 2.75) is 0 Å². The number of benzene rings is 8. The van der Waals surface area contributed by atoms with Crippen molar-refractivity contribution in [2.75, 3.05) is 0 Å². The zero-order valence-corrected chi connectivity index (χ0v) is 27.3. The second kappa shape index (κ2) is 10.8. The van der Waals surface area contributed by atoms with Gasteiger partial charge in [0, 0.05) is 33.0 Å². The van der Waals surface area contributed by atoms with E-state index in [-0.39, 0.29) is 0 Å². The van der Waals surface area contributed by atoms with Gasteiger partial charge in [-0.15, -0.1) is 0 Å². The molecular weight excluding hydrogens is 623 g/mol. The van der Waals surface area contributed by atoms with Crippen LogP contribution in [0.4, 0.5) is 0 Å². The Balaban J connectivity index is 1.05. The first-order chi connectivity index (χ1) is 25.3. The van der Waals surface area contributed by atoms with E-state index in [1.165, 1.54) is 43.8 Å². The fourth-order valence-corrected chi connectivity index (χ4v) is 7.87. The SMILES string of the molecule is c1ccc(-c2nc(-c3ccc(-c4cccc5ccccc45)cc3)nc(-c3ccc4oc5c6c(ccc5c4c3)-c3cccc4cccc-6c34)n2)cc1. The largest absolute Gasteiger partial charge is 0.455 e. The van der Waals surface area contributed by atoms with Gasteiger partial charge in [0.25, 0.3) is 0 Å². The average Bonchev–Trinajstić information content (AvgIpc) is 3.74. The van der Waals surface area contributed by atoms with Crippen molar-refractivity contribution in [3.8, 4) is 67.5 Å². The zero-order chi connectivity index (χ0) is 33.5. The monoisotopic (exact) mass is 649 g/mol. The average molecular weight is 650 g/mol. The molecule has 0 unspecified atom stereocenters. The van der Waals surface area contributed by atoms with Crippen LogP contribution in [0.25, 0.3) is 111 Å². The lowest BCUT2D eigenvalue weighted by Gasteiger charge is -2.10. The van der Waals surface area contributed by atoms with E-state index in [1.54, 1.807) is 0 Å². The van der Waals surface area contributed by atoms with Crippen molar-refractivity contribution in [3.05, 3.63) is 164 Å². The zero-order valence-electron chi connectivity index (χ0n) is 27.3. The molecule has 1 aliphatic carbocycles. The molecule has 0 fully saturated rings. The molecule has 1 aliphatic rings. The molecular formula is C47H27N3O. The third-order valence-corrected chi connectivity index (χ3v) is 10.3. The van der Waals surface area contributed by atoms with Crippen molar-refractivity contribution in [1.29, 1.82) is 0 Å². The van der Waals surface area contributed by atoms with Crippen LogP contribution in [0, 0.1) is 0 Å². The second-order valence-corrected chi connectivity index (χ2v) is 13.2. The highest BCUT2D eigenvalue weighted by atomic mass is 16.3. The Bertz CT molecular complexity index is 3010. The fraction of sp³-hybridized carbons (Fsp3) is 0. The van der Waals surface area contributed by atoms with E-state index in [1.807, 2.05) is 36.4 Å². The van der Waals surface area contributed by atoms with Crippen molar-refractivity contribution >= 4 is 43.5 Å². The summed E-state index contributed by atoms with van der Waals surface area (Å²) in [5.41, 5.74) is 11.7. The maximum atomic E-state index is 6.66. The van der Waals surface area contributed by atoms with E-state index in [2.05, 4.69) is 127 Å². The van der Waals surface area contributed by atoms with Crippen molar-refractivity contribution < 1.29 is 4.42 Å². The van der Waals surface area contributed by atoms with Crippen molar-refractivity contribution in [1.82, 2.24) is 15.0 Å². The highest BCUT2D eigenvalue weighted by Crippen LogP contribution is 2.51. The molecule has 0 aliphatic heterocycles. The van der Waals surface area contributed by atoms with Crippen LogP contribution >= 0.6 is 0 Å².